The van der Waals surface area contributed by atoms with Crippen molar-refractivity contribution in [2.75, 3.05) is 0 Å². The third-order valence-corrected chi connectivity index (χ3v) is 2.14. The van der Waals surface area contributed by atoms with Crippen molar-refractivity contribution in [2.45, 2.75) is 19.6 Å². The fourth-order valence-electron chi connectivity index (χ4n) is 0.811. The topological polar surface area (TPSA) is 22.1 Å². The van der Waals surface area contributed by atoms with Gasteiger partial charge in [-0.2, -0.15) is 0 Å². The molecule has 1 heterocycles. The molecule has 1 aromatic rings. The van der Waals surface area contributed by atoms with E-state index in [0.717, 1.165) is 0 Å². The van der Waals surface area contributed by atoms with Crippen LogP contribution in [0.1, 0.15) is 12.6 Å². The predicted molar refractivity (Wildman–Crippen MR) is 57.3 cm³/mol. The van der Waals surface area contributed by atoms with Crippen molar-refractivity contribution in [3.05, 3.63) is 28.0 Å². The number of halogens is 2. The Kier molecular flexibility index (Phi) is 4.21. The standard InChI is InChI=1S/C10H9Cl2NO/c1-3-7(2)14-6-9-8(11)4-5-10(12)13-9/h1,4-5,7H,6H2,2H3. The molecule has 2 nitrogen and oxygen atoms in total. The van der Waals surface area contributed by atoms with Gasteiger partial charge in [-0.05, 0) is 19.1 Å². The minimum Gasteiger partial charge on any atom is -0.359 e. The molecule has 0 aliphatic rings. The van der Waals surface area contributed by atoms with Crippen molar-refractivity contribution in [2.24, 2.45) is 0 Å². The minimum atomic E-state index is -0.258. The van der Waals surface area contributed by atoms with Crippen LogP contribution in [-0.4, -0.2) is 11.1 Å². The number of hydrogen-bond acceptors (Lipinski definition) is 2. The van der Waals surface area contributed by atoms with Gasteiger partial charge in [0.2, 0.25) is 0 Å². The largest absolute Gasteiger partial charge is 0.359 e. The van der Waals surface area contributed by atoms with Crippen LogP contribution in [0.15, 0.2) is 12.1 Å². The monoisotopic (exact) mass is 229 g/mol. The van der Waals surface area contributed by atoms with E-state index < -0.39 is 0 Å². The lowest BCUT2D eigenvalue weighted by Gasteiger charge is -2.07. The molecule has 0 fully saturated rings. The summed E-state index contributed by atoms with van der Waals surface area (Å²) in [4.78, 5) is 4.02. The summed E-state index contributed by atoms with van der Waals surface area (Å²) in [5.41, 5.74) is 0.598. The quantitative estimate of drug-likeness (QED) is 0.588. The second-order valence-corrected chi connectivity index (χ2v) is 3.48. The highest BCUT2D eigenvalue weighted by atomic mass is 35.5. The molecule has 1 unspecified atom stereocenters. The van der Waals surface area contributed by atoms with E-state index in [9.17, 15) is 0 Å². The third-order valence-electron chi connectivity index (χ3n) is 1.59. The van der Waals surface area contributed by atoms with E-state index in [4.69, 9.17) is 34.4 Å². The van der Waals surface area contributed by atoms with E-state index in [-0.39, 0.29) is 12.7 Å². The lowest BCUT2D eigenvalue weighted by atomic mass is 10.3. The first kappa shape index (κ1) is 11.3. The van der Waals surface area contributed by atoms with E-state index in [0.29, 0.717) is 15.9 Å². The van der Waals surface area contributed by atoms with Crippen molar-refractivity contribution >= 4 is 23.2 Å². The third kappa shape index (κ3) is 3.19. The number of pyridine rings is 1. The van der Waals surface area contributed by atoms with E-state index in [1.54, 1.807) is 19.1 Å². The summed E-state index contributed by atoms with van der Waals surface area (Å²) in [6.45, 7) is 2.04. The molecule has 1 aromatic heterocycles. The van der Waals surface area contributed by atoms with Crippen molar-refractivity contribution in [3.63, 3.8) is 0 Å². The molecule has 0 aliphatic heterocycles. The Balaban J connectivity index is 2.67. The van der Waals surface area contributed by atoms with Gasteiger partial charge in [-0.15, -0.1) is 6.42 Å². The second-order valence-electron chi connectivity index (χ2n) is 2.68. The Bertz CT molecular complexity index is 360. The second kappa shape index (κ2) is 5.21. The molecule has 74 valence electrons. The summed E-state index contributed by atoms with van der Waals surface area (Å²) >= 11 is 11.6. The van der Waals surface area contributed by atoms with Crippen molar-refractivity contribution < 1.29 is 4.74 Å². The molecule has 0 bridgehead atoms. The van der Waals surface area contributed by atoms with Gasteiger partial charge in [0, 0.05) is 0 Å². The number of aromatic nitrogens is 1. The van der Waals surface area contributed by atoms with Gasteiger partial charge in [0.05, 0.1) is 17.3 Å². The van der Waals surface area contributed by atoms with E-state index in [1.165, 1.54) is 0 Å². The fraction of sp³-hybridized carbons (Fsp3) is 0.300. The molecule has 0 aromatic carbocycles. The molecule has 14 heavy (non-hydrogen) atoms. The Labute approximate surface area is 93.2 Å². The van der Waals surface area contributed by atoms with E-state index >= 15 is 0 Å². The summed E-state index contributed by atoms with van der Waals surface area (Å²) in [7, 11) is 0. The molecule has 4 heteroatoms. The molecule has 0 saturated heterocycles. The number of ether oxygens (including phenoxy) is 1. The van der Waals surface area contributed by atoms with Gasteiger partial charge >= 0.3 is 0 Å². The summed E-state index contributed by atoms with van der Waals surface area (Å²) in [5.74, 6) is 2.44. The molecular formula is C10H9Cl2NO. The number of nitrogens with zero attached hydrogens (tertiary/aromatic N) is 1. The molecular weight excluding hydrogens is 221 g/mol. The highest BCUT2D eigenvalue weighted by molar-refractivity contribution is 6.32. The molecule has 0 aliphatic carbocycles. The Morgan fingerprint density at radius 1 is 1.57 bits per heavy atom. The lowest BCUT2D eigenvalue weighted by Crippen LogP contribution is -2.06. The number of rotatable bonds is 3. The molecule has 0 spiro atoms. The van der Waals surface area contributed by atoms with Crippen LogP contribution in [0.3, 0.4) is 0 Å². The van der Waals surface area contributed by atoms with Crippen molar-refractivity contribution in [1.82, 2.24) is 4.98 Å². The van der Waals surface area contributed by atoms with Crippen LogP contribution >= 0.6 is 23.2 Å². The summed E-state index contributed by atoms with van der Waals surface area (Å²) in [6.07, 6.45) is 4.89. The van der Waals surface area contributed by atoms with Gasteiger partial charge in [0.25, 0.3) is 0 Å². The van der Waals surface area contributed by atoms with Gasteiger partial charge in [-0.25, -0.2) is 4.98 Å². The SMILES string of the molecule is C#CC(C)OCc1nc(Cl)ccc1Cl. The van der Waals surface area contributed by atoms with Gasteiger partial charge in [-0.3, -0.25) is 0 Å². The minimum absolute atomic E-state index is 0.258. The van der Waals surface area contributed by atoms with Crippen LogP contribution in [0.4, 0.5) is 0 Å². The molecule has 0 radical (unpaired) electrons. The van der Waals surface area contributed by atoms with Crippen LogP contribution in [-0.2, 0) is 11.3 Å². The first-order chi connectivity index (χ1) is 6.63. The highest BCUT2D eigenvalue weighted by Crippen LogP contribution is 2.17. The lowest BCUT2D eigenvalue weighted by molar-refractivity contribution is 0.0879. The van der Waals surface area contributed by atoms with Gasteiger partial charge in [0.1, 0.15) is 11.3 Å². The summed E-state index contributed by atoms with van der Waals surface area (Å²) in [5, 5.41) is 0.917. The number of terminal acetylenes is 1. The van der Waals surface area contributed by atoms with Gasteiger partial charge < -0.3 is 4.74 Å². The number of hydrogen-bond donors (Lipinski definition) is 0. The van der Waals surface area contributed by atoms with Crippen molar-refractivity contribution in [3.8, 4) is 12.3 Å². The van der Waals surface area contributed by atoms with Crippen LogP contribution in [0.5, 0.6) is 0 Å². The first-order valence-corrected chi connectivity index (χ1v) is 4.77. The van der Waals surface area contributed by atoms with Crippen LogP contribution in [0, 0.1) is 12.3 Å². The maximum absolute atomic E-state index is 5.87. The van der Waals surface area contributed by atoms with E-state index in [1.807, 2.05) is 0 Å². The molecule has 0 saturated carbocycles. The Hall–Kier alpha value is -0.750. The predicted octanol–water partition coefficient (Wildman–Crippen LogP) is 2.93. The molecule has 0 N–H and O–H groups in total. The average molecular weight is 230 g/mol. The Morgan fingerprint density at radius 2 is 2.29 bits per heavy atom. The average Bonchev–Trinajstić information content (AvgIpc) is 2.19. The van der Waals surface area contributed by atoms with E-state index in [2.05, 4.69) is 10.9 Å². The normalized spacial score (nSPS) is 12.1. The maximum Gasteiger partial charge on any atom is 0.129 e. The molecule has 0 amide bonds. The highest BCUT2D eigenvalue weighted by Gasteiger charge is 2.05. The van der Waals surface area contributed by atoms with Crippen LogP contribution in [0.25, 0.3) is 0 Å². The van der Waals surface area contributed by atoms with Crippen molar-refractivity contribution in [1.29, 1.82) is 0 Å². The zero-order valence-corrected chi connectivity index (χ0v) is 9.14. The maximum atomic E-state index is 5.87. The zero-order valence-electron chi connectivity index (χ0n) is 7.63. The van der Waals surface area contributed by atoms with Gasteiger partial charge in [0.15, 0.2) is 0 Å². The van der Waals surface area contributed by atoms with Gasteiger partial charge in [-0.1, -0.05) is 29.1 Å². The summed E-state index contributed by atoms with van der Waals surface area (Å²) in [6, 6.07) is 3.30. The first-order valence-electron chi connectivity index (χ1n) is 4.02. The molecule has 1 rings (SSSR count). The van der Waals surface area contributed by atoms with Crippen LogP contribution < -0.4 is 0 Å². The Morgan fingerprint density at radius 3 is 2.93 bits per heavy atom. The molecule has 1 atom stereocenters. The summed E-state index contributed by atoms with van der Waals surface area (Å²) < 4.78 is 5.27. The fourth-order valence-corrected chi connectivity index (χ4v) is 1.14. The van der Waals surface area contributed by atoms with Crippen LogP contribution in [0.2, 0.25) is 10.2 Å². The zero-order chi connectivity index (χ0) is 10.6. The smallest absolute Gasteiger partial charge is 0.129 e.